The molecule has 2 rings (SSSR count). The lowest BCUT2D eigenvalue weighted by Crippen LogP contribution is -2.38. The number of hydrazine groups is 1. The first-order chi connectivity index (χ1) is 7.33. The summed E-state index contributed by atoms with van der Waals surface area (Å²) in [7, 11) is 0. The Hall–Kier alpha value is -0.930. The van der Waals surface area contributed by atoms with Crippen molar-refractivity contribution >= 4 is 0 Å². The summed E-state index contributed by atoms with van der Waals surface area (Å²) in [6.07, 6.45) is 6.58. The second kappa shape index (κ2) is 4.73. The Morgan fingerprint density at radius 2 is 2.33 bits per heavy atom. The predicted octanol–water partition coefficient (Wildman–Crippen LogP) is 1.43. The van der Waals surface area contributed by atoms with Gasteiger partial charge in [0.2, 0.25) is 0 Å². The van der Waals surface area contributed by atoms with Crippen LogP contribution in [0.5, 0.6) is 0 Å². The molecule has 15 heavy (non-hydrogen) atoms. The Morgan fingerprint density at radius 1 is 1.53 bits per heavy atom. The van der Waals surface area contributed by atoms with Gasteiger partial charge in [-0.3, -0.25) is 16.3 Å². The van der Waals surface area contributed by atoms with E-state index >= 15 is 0 Å². The Labute approximate surface area is 91.1 Å². The molecule has 3 heteroatoms. The molecular weight excluding hydrogens is 186 g/mol. The van der Waals surface area contributed by atoms with Gasteiger partial charge >= 0.3 is 0 Å². The first-order valence-electron chi connectivity index (χ1n) is 5.73. The van der Waals surface area contributed by atoms with E-state index in [0.717, 1.165) is 24.5 Å². The summed E-state index contributed by atoms with van der Waals surface area (Å²) in [5.41, 5.74) is 5.34. The van der Waals surface area contributed by atoms with Crippen LogP contribution in [0.2, 0.25) is 0 Å². The molecule has 3 nitrogen and oxygen atoms in total. The summed E-state index contributed by atoms with van der Waals surface area (Å²) in [4.78, 5) is 4.45. The summed E-state index contributed by atoms with van der Waals surface area (Å²) in [5.74, 6) is 6.31. The first kappa shape index (κ1) is 10.6. The number of hydrogen-bond acceptors (Lipinski definition) is 3. The Morgan fingerprint density at radius 3 is 2.80 bits per heavy atom. The fourth-order valence-electron chi connectivity index (χ4n) is 1.87. The van der Waals surface area contributed by atoms with Gasteiger partial charge in [-0.1, -0.05) is 13.0 Å². The molecule has 1 fully saturated rings. The number of aryl methyl sites for hydroxylation is 1. The van der Waals surface area contributed by atoms with Gasteiger partial charge in [-0.2, -0.15) is 0 Å². The number of aromatic nitrogens is 1. The SMILES string of the molecule is CCc1ccc(CC(NN)C2CC2)nc1. The third-order valence-electron chi connectivity index (χ3n) is 3.13. The fourth-order valence-corrected chi connectivity index (χ4v) is 1.87. The van der Waals surface area contributed by atoms with E-state index in [2.05, 4.69) is 29.5 Å². The van der Waals surface area contributed by atoms with Gasteiger partial charge in [0.25, 0.3) is 0 Å². The maximum absolute atomic E-state index is 5.54. The topological polar surface area (TPSA) is 50.9 Å². The Bertz CT molecular complexity index is 303. The smallest absolute Gasteiger partial charge is 0.0419 e. The maximum atomic E-state index is 5.54. The molecule has 1 aliphatic carbocycles. The molecule has 0 saturated heterocycles. The number of nitrogens with zero attached hydrogens (tertiary/aromatic N) is 1. The lowest BCUT2D eigenvalue weighted by molar-refractivity contribution is 0.468. The molecule has 1 unspecified atom stereocenters. The van der Waals surface area contributed by atoms with Crippen molar-refractivity contribution in [3.8, 4) is 0 Å². The van der Waals surface area contributed by atoms with E-state index in [9.17, 15) is 0 Å². The van der Waals surface area contributed by atoms with Crippen LogP contribution in [0.1, 0.15) is 31.0 Å². The zero-order valence-corrected chi connectivity index (χ0v) is 9.24. The third kappa shape index (κ3) is 2.76. The highest BCUT2D eigenvalue weighted by molar-refractivity contribution is 5.15. The summed E-state index contributed by atoms with van der Waals surface area (Å²) in [5, 5.41) is 0. The summed E-state index contributed by atoms with van der Waals surface area (Å²) in [6.45, 7) is 2.14. The second-order valence-electron chi connectivity index (χ2n) is 4.33. The number of nitrogens with one attached hydrogen (secondary N) is 1. The van der Waals surface area contributed by atoms with E-state index < -0.39 is 0 Å². The minimum atomic E-state index is 0.407. The molecule has 0 radical (unpaired) electrons. The van der Waals surface area contributed by atoms with Crippen molar-refractivity contribution in [2.24, 2.45) is 11.8 Å². The molecule has 0 bridgehead atoms. The monoisotopic (exact) mass is 205 g/mol. The van der Waals surface area contributed by atoms with Crippen LogP contribution in [0, 0.1) is 5.92 Å². The molecule has 0 aromatic carbocycles. The maximum Gasteiger partial charge on any atom is 0.0419 e. The minimum Gasteiger partial charge on any atom is -0.271 e. The van der Waals surface area contributed by atoms with Crippen molar-refractivity contribution in [3.05, 3.63) is 29.6 Å². The van der Waals surface area contributed by atoms with Crippen molar-refractivity contribution < 1.29 is 0 Å². The van der Waals surface area contributed by atoms with Crippen LogP contribution < -0.4 is 11.3 Å². The molecular formula is C12H19N3. The van der Waals surface area contributed by atoms with Gasteiger partial charge in [0.1, 0.15) is 0 Å². The van der Waals surface area contributed by atoms with Crippen molar-refractivity contribution in [2.45, 2.75) is 38.6 Å². The van der Waals surface area contributed by atoms with Gasteiger partial charge in [0.15, 0.2) is 0 Å². The van der Waals surface area contributed by atoms with Gasteiger partial charge in [0.05, 0.1) is 0 Å². The molecule has 0 spiro atoms. The number of hydrogen-bond donors (Lipinski definition) is 2. The third-order valence-corrected chi connectivity index (χ3v) is 3.13. The lowest BCUT2D eigenvalue weighted by atomic mass is 10.1. The van der Waals surface area contributed by atoms with E-state index in [1.54, 1.807) is 0 Å². The van der Waals surface area contributed by atoms with E-state index in [4.69, 9.17) is 5.84 Å². The van der Waals surface area contributed by atoms with Crippen LogP contribution in [0.4, 0.5) is 0 Å². The molecule has 1 heterocycles. The van der Waals surface area contributed by atoms with Crippen LogP contribution in [-0.2, 0) is 12.8 Å². The van der Waals surface area contributed by atoms with Crippen LogP contribution in [-0.4, -0.2) is 11.0 Å². The second-order valence-corrected chi connectivity index (χ2v) is 4.33. The lowest BCUT2D eigenvalue weighted by Gasteiger charge is -2.14. The summed E-state index contributed by atoms with van der Waals surface area (Å²) >= 11 is 0. The predicted molar refractivity (Wildman–Crippen MR) is 61.2 cm³/mol. The Kier molecular flexibility index (Phi) is 3.34. The number of pyridine rings is 1. The largest absolute Gasteiger partial charge is 0.271 e. The van der Waals surface area contributed by atoms with Gasteiger partial charge in [0, 0.05) is 24.4 Å². The van der Waals surface area contributed by atoms with Gasteiger partial charge in [-0.25, -0.2) is 0 Å². The molecule has 0 aliphatic heterocycles. The quantitative estimate of drug-likeness (QED) is 0.565. The fraction of sp³-hybridized carbons (Fsp3) is 0.583. The molecule has 3 N–H and O–H groups in total. The highest BCUT2D eigenvalue weighted by Crippen LogP contribution is 2.33. The zero-order chi connectivity index (χ0) is 10.7. The normalized spacial score (nSPS) is 17.7. The molecule has 1 saturated carbocycles. The van der Waals surface area contributed by atoms with E-state index in [1.807, 2.05) is 6.20 Å². The molecule has 1 atom stereocenters. The van der Waals surface area contributed by atoms with Gasteiger partial charge in [-0.15, -0.1) is 0 Å². The molecule has 1 aromatic heterocycles. The average Bonchev–Trinajstić information content (AvgIpc) is 3.10. The highest BCUT2D eigenvalue weighted by Gasteiger charge is 2.30. The van der Waals surface area contributed by atoms with E-state index in [-0.39, 0.29) is 0 Å². The van der Waals surface area contributed by atoms with Crippen molar-refractivity contribution in [1.29, 1.82) is 0 Å². The Balaban J connectivity index is 1.96. The molecule has 1 aliphatic rings. The minimum absolute atomic E-state index is 0.407. The van der Waals surface area contributed by atoms with Crippen LogP contribution in [0.3, 0.4) is 0 Å². The van der Waals surface area contributed by atoms with Crippen LogP contribution in [0.15, 0.2) is 18.3 Å². The van der Waals surface area contributed by atoms with Crippen molar-refractivity contribution in [2.75, 3.05) is 0 Å². The first-order valence-corrected chi connectivity index (χ1v) is 5.73. The number of nitrogens with two attached hydrogens (primary N) is 1. The molecule has 82 valence electrons. The highest BCUT2D eigenvalue weighted by atomic mass is 15.2. The number of rotatable bonds is 5. The molecule has 1 aromatic rings. The van der Waals surface area contributed by atoms with E-state index in [1.165, 1.54) is 18.4 Å². The van der Waals surface area contributed by atoms with E-state index in [0.29, 0.717) is 6.04 Å². The van der Waals surface area contributed by atoms with Crippen LogP contribution in [0.25, 0.3) is 0 Å². The molecule has 0 amide bonds. The van der Waals surface area contributed by atoms with Gasteiger partial charge in [-0.05, 0) is 36.8 Å². The van der Waals surface area contributed by atoms with Gasteiger partial charge < -0.3 is 0 Å². The van der Waals surface area contributed by atoms with Crippen molar-refractivity contribution in [1.82, 2.24) is 10.4 Å². The van der Waals surface area contributed by atoms with Crippen molar-refractivity contribution in [3.63, 3.8) is 0 Å². The summed E-state index contributed by atoms with van der Waals surface area (Å²) < 4.78 is 0. The standard InChI is InChI=1S/C12H19N3/c1-2-9-3-6-11(14-8-9)7-12(15-13)10-4-5-10/h3,6,8,10,12,15H,2,4-5,7,13H2,1H3. The average molecular weight is 205 g/mol. The van der Waals surface area contributed by atoms with Crippen LogP contribution >= 0.6 is 0 Å². The summed E-state index contributed by atoms with van der Waals surface area (Å²) in [6, 6.07) is 4.68. The zero-order valence-electron chi connectivity index (χ0n) is 9.24.